The van der Waals surface area contributed by atoms with Crippen LogP contribution in [-0.4, -0.2) is 27.1 Å². The van der Waals surface area contributed by atoms with E-state index in [1.165, 1.54) is 6.07 Å². The lowest BCUT2D eigenvalue weighted by Crippen LogP contribution is -2.23. The zero-order chi connectivity index (χ0) is 19.5. The number of amides is 1. The highest BCUT2D eigenvalue weighted by Crippen LogP contribution is 2.30. The number of sulfone groups is 1. The van der Waals surface area contributed by atoms with Gasteiger partial charge < -0.3 is 10.6 Å². The topological polar surface area (TPSA) is 75.3 Å². The summed E-state index contributed by atoms with van der Waals surface area (Å²) in [6.07, 6.45) is 1.93. The molecule has 0 aliphatic heterocycles. The highest BCUT2D eigenvalue weighted by Gasteiger charge is 2.18. The zero-order valence-corrected chi connectivity index (χ0v) is 16.9. The van der Waals surface area contributed by atoms with Crippen LogP contribution in [0.1, 0.15) is 23.6 Å². The number of benzene rings is 2. The molecule has 1 amide bonds. The highest BCUT2D eigenvalue weighted by molar-refractivity contribution is 7.90. The van der Waals surface area contributed by atoms with E-state index in [-0.39, 0.29) is 22.4 Å². The van der Waals surface area contributed by atoms with Crippen LogP contribution in [0.5, 0.6) is 0 Å². The van der Waals surface area contributed by atoms with Gasteiger partial charge in [-0.2, -0.15) is 0 Å². The summed E-state index contributed by atoms with van der Waals surface area (Å²) in [4.78, 5) is 12.4. The van der Waals surface area contributed by atoms with Gasteiger partial charge in [-0.15, -0.1) is 0 Å². The number of hydrogen-bond donors (Lipinski definition) is 2. The summed E-state index contributed by atoms with van der Waals surface area (Å²) in [6, 6.07) is 9.08. The molecule has 2 N–H and O–H groups in total. The van der Waals surface area contributed by atoms with Crippen molar-refractivity contribution in [1.29, 1.82) is 0 Å². The Kier molecular flexibility index (Phi) is 6.31. The molecule has 2 rings (SSSR count). The van der Waals surface area contributed by atoms with Crippen LogP contribution in [0.25, 0.3) is 0 Å². The number of carbonyl (C=O) groups is 1. The molecule has 2 aromatic rings. The molecular formula is C19H23ClN2O3S. The largest absolute Gasteiger partial charge is 0.376 e. The van der Waals surface area contributed by atoms with Gasteiger partial charge in [-0.05, 0) is 49.1 Å². The second-order valence-electron chi connectivity index (χ2n) is 6.19. The molecule has 0 fully saturated rings. The van der Waals surface area contributed by atoms with Gasteiger partial charge in [0.05, 0.1) is 16.5 Å². The number of para-hydroxylation sites is 1. The van der Waals surface area contributed by atoms with Gasteiger partial charge in [-0.25, -0.2) is 8.42 Å². The predicted octanol–water partition coefficient (Wildman–Crippen LogP) is 3.97. The van der Waals surface area contributed by atoms with E-state index in [0.717, 1.165) is 29.5 Å². The van der Waals surface area contributed by atoms with Gasteiger partial charge in [0, 0.05) is 17.6 Å². The summed E-state index contributed by atoms with van der Waals surface area (Å²) in [5.41, 5.74) is 3.95. The first-order valence-corrected chi connectivity index (χ1v) is 10.5. The fourth-order valence-electron chi connectivity index (χ4n) is 2.87. The molecule has 0 atom stereocenters. The molecule has 0 saturated carbocycles. The van der Waals surface area contributed by atoms with Gasteiger partial charge in [-0.3, -0.25) is 4.79 Å². The summed E-state index contributed by atoms with van der Waals surface area (Å²) in [5, 5.41) is 6.10. The minimum Gasteiger partial charge on any atom is -0.376 e. The lowest BCUT2D eigenvalue weighted by molar-refractivity contribution is -0.114. The molecule has 0 spiro atoms. The number of rotatable bonds is 6. The molecular weight excluding hydrogens is 372 g/mol. The highest BCUT2D eigenvalue weighted by atomic mass is 35.5. The van der Waals surface area contributed by atoms with Crippen molar-refractivity contribution in [2.75, 3.05) is 23.4 Å². The van der Waals surface area contributed by atoms with Crippen molar-refractivity contribution >= 4 is 38.7 Å². The monoisotopic (exact) mass is 394 g/mol. The van der Waals surface area contributed by atoms with Crippen LogP contribution in [0.2, 0.25) is 5.02 Å². The number of halogens is 1. The molecule has 0 heterocycles. The number of aryl methyl sites for hydroxylation is 2. The molecule has 0 aliphatic carbocycles. The molecule has 0 aliphatic rings. The average molecular weight is 395 g/mol. The number of nitrogens with one attached hydrogen (secondary N) is 2. The maximum absolute atomic E-state index is 12.3. The van der Waals surface area contributed by atoms with Gasteiger partial charge in [0.2, 0.25) is 5.91 Å². The van der Waals surface area contributed by atoms with Gasteiger partial charge in [0.15, 0.2) is 9.84 Å². The molecule has 26 heavy (non-hydrogen) atoms. The van der Waals surface area contributed by atoms with E-state index in [1.807, 2.05) is 32.0 Å². The fourth-order valence-corrected chi connectivity index (χ4v) is 4.58. The van der Waals surface area contributed by atoms with Crippen molar-refractivity contribution in [2.24, 2.45) is 0 Å². The first-order chi connectivity index (χ1) is 12.1. The molecule has 2 aromatic carbocycles. The van der Waals surface area contributed by atoms with Gasteiger partial charge in [0.1, 0.15) is 0 Å². The van der Waals surface area contributed by atoms with E-state index in [4.69, 9.17) is 11.6 Å². The normalized spacial score (nSPS) is 11.3. The maximum Gasteiger partial charge on any atom is 0.243 e. The first-order valence-electron chi connectivity index (χ1n) is 8.26. The Hall–Kier alpha value is -2.05. The molecule has 5 nitrogen and oxygen atoms in total. The van der Waals surface area contributed by atoms with E-state index in [2.05, 4.69) is 10.6 Å². The summed E-state index contributed by atoms with van der Waals surface area (Å²) in [7, 11) is -3.46. The van der Waals surface area contributed by atoms with Gasteiger partial charge in [0.25, 0.3) is 0 Å². The van der Waals surface area contributed by atoms with E-state index in [9.17, 15) is 13.2 Å². The Labute approximate surface area is 159 Å². The summed E-state index contributed by atoms with van der Waals surface area (Å²) < 4.78 is 23.8. The summed E-state index contributed by atoms with van der Waals surface area (Å²) in [6.45, 7) is 5.67. The second-order valence-corrected chi connectivity index (χ2v) is 8.55. The Morgan fingerprint density at radius 1 is 1.15 bits per heavy atom. The standard InChI is InChI=1S/C19H23ClN2O3S/c1-5-14-8-6-7-12(2)18(14)22-17(23)11-21-16-10-9-15(20)19(13(16)3)26(4,24)25/h6-10,21H,5,11H2,1-4H3,(H,22,23). The number of hydrogen-bond acceptors (Lipinski definition) is 4. The minimum absolute atomic E-state index is 0.0170. The third-order valence-electron chi connectivity index (χ3n) is 4.17. The lowest BCUT2D eigenvalue weighted by atomic mass is 10.1. The van der Waals surface area contributed by atoms with Crippen molar-refractivity contribution in [3.8, 4) is 0 Å². The third-order valence-corrected chi connectivity index (χ3v) is 5.87. The van der Waals surface area contributed by atoms with Crippen LogP contribution in [0.15, 0.2) is 35.2 Å². The molecule has 7 heteroatoms. The van der Waals surface area contributed by atoms with E-state index in [1.54, 1.807) is 13.0 Å². The van der Waals surface area contributed by atoms with E-state index >= 15 is 0 Å². The fraction of sp³-hybridized carbons (Fsp3) is 0.316. The van der Waals surface area contributed by atoms with Crippen LogP contribution < -0.4 is 10.6 Å². The third kappa shape index (κ3) is 4.56. The van der Waals surface area contributed by atoms with Gasteiger partial charge in [-0.1, -0.05) is 36.7 Å². The maximum atomic E-state index is 12.3. The van der Waals surface area contributed by atoms with Gasteiger partial charge >= 0.3 is 0 Å². The molecule has 0 aromatic heterocycles. The first kappa shape index (κ1) is 20.3. The Morgan fingerprint density at radius 2 is 1.85 bits per heavy atom. The van der Waals surface area contributed by atoms with Crippen LogP contribution in [-0.2, 0) is 21.1 Å². The number of carbonyl (C=O) groups excluding carboxylic acids is 1. The van der Waals surface area contributed by atoms with Crippen molar-refractivity contribution in [1.82, 2.24) is 0 Å². The smallest absolute Gasteiger partial charge is 0.243 e. The zero-order valence-electron chi connectivity index (χ0n) is 15.3. The predicted molar refractivity (Wildman–Crippen MR) is 107 cm³/mol. The Bertz CT molecular complexity index is 940. The average Bonchev–Trinajstić information content (AvgIpc) is 2.54. The Morgan fingerprint density at radius 3 is 2.46 bits per heavy atom. The van der Waals surface area contributed by atoms with E-state index in [0.29, 0.717) is 11.3 Å². The van der Waals surface area contributed by atoms with Crippen molar-refractivity contribution in [3.05, 3.63) is 52.0 Å². The summed E-state index contributed by atoms with van der Waals surface area (Å²) >= 11 is 6.02. The summed E-state index contributed by atoms with van der Waals surface area (Å²) in [5.74, 6) is -0.204. The second kappa shape index (κ2) is 8.10. The van der Waals surface area contributed by atoms with E-state index < -0.39 is 9.84 Å². The molecule has 0 bridgehead atoms. The van der Waals surface area contributed by atoms with Crippen molar-refractivity contribution < 1.29 is 13.2 Å². The van der Waals surface area contributed by atoms with Crippen LogP contribution in [0.3, 0.4) is 0 Å². The quantitative estimate of drug-likeness (QED) is 0.777. The molecule has 140 valence electrons. The van der Waals surface area contributed by atoms with Crippen molar-refractivity contribution in [2.45, 2.75) is 32.1 Å². The molecule has 0 radical (unpaired) electrons. The minimum atomic E-state index is -3.46. The van der Waals surface area contributed by atoms with Crippen LogP contribution in [0, 0.1) is 13.8 Å². The Balaban J connectivity index is 2.17. The SMILES string of the molecule is CCc1cccc(C)c1NC(=O)CNc1ccc(Cl)c(S(C)(=O)=O)c1C. The van der Waals surface area contributed by atoms with Crippen LogP contribution in [0.4, 0.5) is 11.4 Å². The molecule has 0 unspecified atom stereocenters. The molecule has 0 saturated heterocycles. The lowest BCUT2D eigenvalue weighted by Gasteiger charge is -2.16. The van der Waals surface area contributed by atoms with Crippen molar-refractivity contribution in [3.63, 3.8) is 0 Å². The van der Waals surface area contributed by atoms with Crippen LogP contribution >= 0.6 is 11.6 Å². The number of anilines is 2.